The van der Waals surface area contributed by atoms with Crippen molar-refractivity contribution in [3.63, 3.8) is 0 Å². The number of anilines is 1. The predicted molar refractivity (Wildman–Crippen MR) is 61.5 cm³/mol. The molecule has 2 aliphatic rings. The van der Waals surface area contributed by atoms with E-state index < -0.39 is 5.95 Å². The van der Waals surface area contributed by atoms with Crippen LogP contribution in [0.5, 0.6) is 0 Å². The van der Waals surface area contributed by atoms with E-state index in [1.54, 1.807) is 6.07 Å². The SMILES string of the molecule is Fc1cccc(NCC2CC3C=CC2C3)n1. The van der Waals surface area contributed by atoms with E-state index in [4.69, 9.17) is 0 Å². The van der Waals surface area contributed by atoms with Gasteiger partial charge < -0.3 is 5.32 Å². The van der Waals surface area contributed by atoms with Crippen molar-refractivity contribution in [2.45, 2.75) is 12.8 Å². The molecule has 3 unspecified atom stereocenters. The molecule has 0 aromatic carbocycles. The van der Waals surface area contributed by atoms with E-state index >= 15 is 0 Å². The first-order chi connectivity index (χ1) is 7.81. The fourth-order valence-corrected chi connectivity index (χ4v) is 2.87. The molecule has 0 radical (unpaired) electrons. The lowest BCUT2D eigenvalue weighted by Gasteiger charge is -2.18. The number of nitrogens with zero attached hydrogens (tertiary/aromatic N) is 1. The second kappa shape index (κ2) is 3.89. The van der Waals surface area contributed by atoms with Crippen molar-refractivity contribution in [2.75, 3.05) is 11.9 Å². The van der Waals surface area contributed by atoms with Crippen LogP contribution in [0.2, 0.25) is 0 Å². The molecule has 3 heteroatoms. The number of nitrogens with one attached hydrogen (secondary N) is 1. The lowest BCUT2D eigenvalue weighted by Crippen LogP contribution is -2.18. The number of pyridine rings is 1. The molecule has 1 aromatic rings. The molecule has 2 bridgehead atoms. The third kappa shape index (κ3) is 1.82. The smallest absolute Gasteiger partial charge is 0.214 e. The fourth-order valence-electron chi connectivity index (χ4n) is 2.87. The maximum Gasteiger partial charge on any atom is 0.214 e. The molecule has 0 saturated heterocycles. The summed E-state index contributed by atoms with van der Waals surface area (Å²) in [7, 11) is 0. The summed E-state index contributed by atoms with van der Waals surface area (Å²) < 4.78 is 12.9. The summed E-state index contributed by atoms with van der Waals surface area (Å²) in [6.45, 7) is 0.905. The molecule has 1 heterocycles. The second-order valence-electron chi connectivity index (χ2n) is 4.77. The number of hydrogen-bond acceptors (Lipinski definition) is 2. The van der Waals surface area contributed by atoms with Gasteiger partial charge in [-0.3, -0.25) is 0 Å². The Morgan fingerprint density at radius 2 is 2.25 bits per heavy atom. The van der Waals surface area contributed by atoms with E-state index in [2.05, 4.69) is 22.5 Å². The third-order valence-electron chi connectivity index (χ3n) is 3.68. The van der Waals surface area contributed by atoms with Gasteiger partial charge in [0.05, 0.1) is 0 Å². The van der Waals surface area contributed by atoms with Crippen LogP contribution in [-0.2, 0) is 0 Å². The highest BCUT2D eigenvalue weighted by atomic mass is 19.1. The number of hydrogen-bond donors (Lipinski definition) is 1. The number of halogens is 1. The van der Waals surface area contributed by atoms with E-state index in [0.717, 1.165) is 18.4 Å². The summed E-state index contributed by atoms with van der Waals surface area (Å²) in [5, 5.41) is 3.23. The van der Waals surface area contributed by atoms with Gasteiger partial charge in [0.15, 0.2) is 0 Å². The molecule has 0 aliphatic heterocycles. The van der Waals surface area contributed by atoms with E-state index in [9.17, 15) is 4.39 Å². The monoisotopic (exact) mass is 218 g/mol. The Labute approximate surface area is 94.6 Å². The number of rotatable bonds is 3. The van der Waals surface area contributed by atoms with Crippen LogP contribution in [0.15, 0.2) is 30.4 Å². The van der Waals surface area contributed by atoms with Crippen LogP contribution in [0, 0.1) is 23.7 Å². The number of allylic oxidation sites excluding steroid dienone is 2. The standard InChI is InChI=1S/C13H15FN2/c14-12-2-1-3-13(16-12)15-8-11-7-9-4-5-10(11)6-9/h1-5,9-11H,6-8H2,(H,15,16). The van der Waals surface area contributed by atoms with Crippen molar-refractivity contribution < 1.29 is 4.39 Å². The van der Waals surface area contributed by atoms with Gasteiger partial charge in [-0.2, -0.15) is 4.39 Å². The molecule has 16 heavy (non-hydrogen) atoms. The van der Waals surface area contributed by atoms with E-state index in [1.807, 2.05) is 6.07 Å². The summed E-state index contributed by atoms with van der Waals surface area (Å²) >= 11 is 0. The van der Waals surface area contributed by atoms with Crippen molar-refractivity contribution in [1.29, 1.82) is 0 Å². The molecule has 0 amide bonds. The summed E-state index contributed by atoms with van der Waals surface area (Å²) in [5.74, 6) is 2.44. The molecule has 2 aliphatic carbocycles. The van der Waals surface area contributed by atoms with Crippen LogP contribution in [-0.4, -0.2) is 11.5 Å². The highest BCUT2D eigenvalue weighted by Crippen LogP contribution is 2.43. The van der Waals surface area contributed by atoms with Crippen molar-refractivity contribution in [2.24, 2.45) is 17.8 Å². The first-order valence-electron chi connectivity index (χ1n) is 5.86. The minimum Gasteiger partial charge on any atom is -0.370 e. The minimum absolute atomic E-state index is 0.419. The topological polar surface area (TPSA) is 24.9 Å². The Balaban J connectivity index is 1.59. The van der Waals surface area contributed by atoms with Crippen molar-refractivity contribution in [3.05, 3.63) is 36.3 Å². The Bertz CT molecular complexity index is 416. The van der Waals surface area contributed by atoms with Gasteiger partial charge >= 0.3 is 0 Å². The van der Waals surface area contributed by atoms with Crippen molar-refractivity contribution in [3.8, 4) is 0 Å². The lowest BCUT2D eigenvalue weighted by molar-refractivity contribution is 0.471. The maximum atomic E-state index is 12.9. The Morgan fingerprint density at radius 1 is 1.31 bits per heavy atom. The molecule has 3 rings (SSSR count). The van der Waals surface area contributed by atoms with Crippen LogP contribution in [0.1, 0.15) is 12.8 Å². The zero-order valence-corrected chi connectivity index (χ0v) is 9.07. The van der Waals surface area contributed by atoms with E-state index in [0.29, 0.717) is 11.7 Å². The van der Waals surface area contributed by atoms with Gasteiger partial charge in [0.1, 0.15) is 5.82 Å². The first kappa shape index (κ1) is 9.82. The fraction of sp³-hybridized carbons (Fsp3) is 0.462. The van der Waals surface area contributed by atoms with E-state index in [-0.39, 0.29) is 0 Å². The Morgan fingerprint density at radius 3 is 2.94 bits per heavy atom. The summed E-state index contributed by atoms with van der Waals surface area (Å²) in [5.41, 5.74) is 0. The first-order valence-corrected chi connectivity index (χ1v) is 5.86. The van der Waals surface area contributed by atoms with Crippen LogP contribution in [0.25, 0.3) is 0 Å². The quantitative estimate of drug-likeness (QED) is 0.623. The lowest BCUT2D eigenvalue weighted by atomic mass is 9.94. The van der Waals surface area contributed by atoms with Crippen molar-refractivity contribution in [1.82, 2.24) is 4.98 Å². The normalized spacial score (nSPS) is 30.9. The second-order valence-corrected chi connectivity index (χ2v) is 4.77. The van der Waals surface area contributed by atoms with Crippen LogP contribution in [0.4, 0.5) is 10.2 Å². The zero-order chi connectivity index (χ0) is 11.0. The maximum absolute atomic E-state index is 12.9. The summed E-state index contributed by atoms with van der Waals surface area (Å²) in [4.78, 5) is 3.80. The highest BCUT2D eigenvalue weighted by molar-refractivity contribution is 5.33. The predicted octanol–water partition coefficient (Wildman–Crippen LogP) is 2.84. The average Bonchev–Trinajstić information content (AvgIpc) is 2.88. The molecule has 1 aromatic heterocycles. The van der Waals surface area contributed by atoms with Gasteiger partial charge in [0.2, 0.25) is 5.95 Å². The van der Waals surface area contributed by atoms with Crippen LogP contribution in [0.3, 0.4) is 0 Å². The molecule has 2 nitrogen and oxygen atoms in total. The molecule has 3 atom stereocenters. The van der Waals surface area contributed by atoms with Gasteiger partial charge in [0, 0.05) is 6.54 Å². The molecule has 1 N–H and O–H groups in total. The minimum atomic E-state index is -0.419. The molecular weight excluding hydrogens is 203 g/mol. The summed E-state index contributed by atoms with van der Waals surface area (Å²) in [6, 6.07) is 4.86. The van der Waals surface area contributed by atoms with Gasteiger partial charge in [-0.05, 0) is 42.7 Å². The molecule has 1 fully saturated rings. The van der Waals surface area contributed by atoms with E-state index in [1.165, 1.54) is 18.9 Å². The van der Waals surface area contributed by atoms with Gasteiger partial charge in [-0.15, -0.1) is 0 Å². The van der Waals surface area contributed by atoms with Gasteiger partial charge in [0.25, 0.3) is 0 Å². The van der Waals surface area contributed by atoms with Gasteiger partial charge in [-0.25, -0.2) is 4.98 Å². The van der Waals surface area contributed by atoms with Crippen LogP contribution >= 0.6 is 0 Å². The van der Waals surface area contributed by atoms with Gasteiger partial charge in [-0.1, -0.05) is 18.2 Å². The molecular formula is C13H15FN2. The highest BCUT2D eigenvalue weighted by Gasteiger charge is 2.35. The zero-order valence-electron chi connectivity index (χ0n) is 9.07. The number of fused-ring (bicyclic) bond motifs is 2. The van der Waals surface area contributed by atoms with Crippen LogP contribution < -0.4 is 5.32 Å². The van der Waals surface area contributed by atoms with Crippen molar-refractivity contribution >= 4 is 5.82 Å². The Kier molecular flexibility index (Phi) is 2.39. The average molecular weight is 218 g/mol. The Hall–Kier alpha value is -1.38. The molecule has 0 spiro atoms. The largest absolute Gasteiger partial charge is 0.370 e. The molecule has 84 valence electrons. The third-order valence-corrected chi connectivity index (χ3v) is 3.68. The molecule has 1 saturated carbocycles. The number of aromatic nitrogens is 1. The summed E-state index contributed by atoms with van der Waals surface area (Å²) in [6.07, 6.45) is 7.24.